The Morgan fingerprint density at radius 2 is 2.05 bits per heavy atom. The first-order valence-electron chi connectivity index (χ1n) is 6.61. The molecule has 1 aromatic carbocycles. The Morgan fingerprint density at radius 1 is 1.24 bits per heavy atom. The molecule has 0 radical (unpaired) electrons. The molecule has 0 unspecified atom stereocenters. The van der Waals surface area contributed by atoms with Crippen molar-refractivity contribution in [2.45, 2.75) is 30.2 Å². The maximum atomic E-state index is 13.1. The lowest BCUT2D eigenvalue weighted by atomic mass is 10.2. The molecule has 110 valence electrons. The molecule has 3 rings (SSSR count). The van der Waals surface area contributed by atoms with Gasteiger partial charge in [-0.1, -0.05) is 6.07 Å². The van der Waals surface area contributed by atoms with Crippen LogP contribution in [0.5, 0.6) is 0 Å². The van der Waals surface area contributed by atoms with Crippen LogP contribution in [0.2, 0.25) is 0 Å². The summed E-state index contributed by atoms with van der Waals surface area (Å²) < 4.78 is 39.7. The highest BCUT2D eigenvalue weighted by atomic mass is 32.2. The normalized spacial score (nSPS) is 15.1. The van der Waals surface area contributed by atoms with E-state index in [9.17, 15) is 12.8 Å². The zero-order chi connectivity index (χ0) is 14.9. The van der Waals surface area contributed by atoms with Crippen molar-refractivity contribution in [2.75, 3.05) is 0 Å². The highest BCUT2D eigenvalue weighted by Gasteiger charge is 2.25. The van der Waals surface area contributed by atoms with Crippen LogP contribution < -0.4 is 4.72 Å². The number of hydrogen-bond donors (Lipinski definition) is 1. The average molecular weight is 307 g/mol. The van der Waals surface area contributed by atoms with E-state index < -0.39 is 15.8 Å². The molecule has 1 aliphatic rings. The highest BCUT2D eigenvalue weighted by molar-refractivity contribution is 7.89. The van der Waals surface area contributed by atoms with E-state index in [2.05, 4.69) is 14.7 Å². The summed E-state index contributed by atoms with van der Waals surface area (Å²) in [5, 5.41) is 0. The Labute approximate surface area is 122 Å². The summed E-state index contributed by atoms with van der Waals surface area (Å²) in [6, 6.07) is 6.70. The fourth-order valence-corrected chi connectivity index (χ4v) is 3.03. The van der Waals surface area contributed by atoms with Crippen molar-refractivity contribution in [3.8, 4) is 0 Å². The first-order chi connectivity index (χ1) is 10.0. The Hall–Kier alpha value is -1.86. The molecule has 21 heavy (non-hydrogen) atoms. The summed E-state index contributed by atoms with van der Waals surface area (Å²) in [7, 11) is -3.75. The van der Waals surface area contributed by atoms with Gasteiger partial charge >= 0.3 is 0 Å². The molecule has 1 aliphatic carbocycles. The van der Waals surface area contributed by atoms with Crippen LogP contribution in [0.15, 0.2) is 41.6 Å². The van der Waals surface area contributed by atoms with E-state index in [1.807, 2.05) is 6.07 Å². The molecule has 5 nitrogen and oxygen atoms in total. The third kappa shape index (κ3) is 3.43. The van der Waals surface area contributed by atoms with Gasteiger partial charge < -0.3 is 0 Å². The second kappa shape index (κ2) is 5.50. The van der Waals surface area contributed by atoms with Gasteiger partial charge in [-0.15, -0.1) is 0 Å². The van der Waals surface area contributed by atoms with Crippen LogP contribution in [0.1, 0.15) is 30.1 Å². The van der Waals surface area contributed by atoms with Gasteiger partial charge in [0, 0.05) is 11.6 Å². The van der Waals surface area contributed by atoms with Crippen LogP contribution in [0.4, 0.5) is 4.39 Å². The van der Waals surface area contributed by atoms with Crippen LogP contribution in [0.25, 0.3) is 0 Å². The monoisotopic (exact) mass is 307 g/mol. The van der Waals surface area contributed by atoms with E-state index >= 15 is 0 Å². The van der Waals surface area contributed by atoms with Gasteiger partial charge in [0.1, 0.15) is 12.1 Å². The largest absolute Gasteiger partial charge is 0.241 e. The standard InChI is InChI=1S/C14H14FN3O2S/c15-11-2-1-3-13(6-11)21(19,20)18-8-12-7-14(10-4-5-10)17-9-16-12/h1-3,6-7,9-10,18H,4-5,8H2. The quantitative estimate of drug-likeness (QED) is 0.916. The number of rotatable bonds is 5. The predicted molar refractivity (Wildman–Crippen MR) is 74.4 cm³/mol. The van der Waals surface area contributed by atoms with Crippen LogP contribution in [-0.2, 0) is 16.6 Å². The van der Waals surface area contributed by atoms with Gasteiger partial charge in [-0.05, 0) is 37.1 Å². The van der Waals surface area contributed by atoms with Crippen LogP contribution in [0, 0.1) is 5.82 Å². The van der Waals surface area contributed by atoms with Crippen molar-refractivity contribution in [3.63, 3.8) is 0 Å². The Kier molecular flexibility index (Phi) is 3.69. The summed E-state index contributed by atoms with van der Waals surface area (Å²) >= 11 is 0. The number of halogens is 1. The van der Waals surface area contributed by atoms with Gasteiger partial charge in [0.2, 0.25) is 10.0 Å². The molecule has 1 heterocycles. The molecule has 0 atom stereocenters. The Bertz CT molecular complexity index is 760. The number of aromatic nitrogens is 2. The third-order valence-corrected chi connectivity index (χ3v) is 4.69. The number of nitrogens with zero attached hydrogens (tertiary/aromatic N) is 2. The molecule has 1 N–H and O–H groups in total. The van der Waals surface area contributed by atoms with E-state index in [1.54, 1.807) is 0 Å². The molecule has 7 heteroatoms. The minimum absolute atomic E-state index is 0.0566. The molecule has 2 aromatic rings. The van der Waals surface area contributed by atoms with E-state index in [0.717, 1.165) is 24.6 Å². The minimum atomic E-state index is -3.75. The van der Waals surface area contributed by atoms with Crippen LogP contribution >= 0.6 is 0 Å². The van der Waals surface area contributed by atoms with Crippen LogP contribution in [0.3, 0.4) is 0 Å². The predicted octanol–water partition coefficient (Wildman–Crippen LogP) is 1.97. The Balaban J connectivity index is 1.73. The average Bonchev–Trinajstić information content (AvgIpc) is 3.30. The number of nitrogens with one attached hydrogen (secondary N) is 1. The Morgan fingerprint density at radius 3 is 2.76 bits per heavy atom. The van der Waals surface area contributed by atoms with Crippen molar-refractivity contribution in [1.82, 2.24) is 14.7 Å². The molecule has 0 amide bonds. The van der Waals surface area contributed by atoms with Crippen molar-refractivity contribution in [1.29, 1.82) is 0 Å². The molecule has 1 aromatic heterocycles. The first kappa shape index (κ1) is 14.1. The van der Waals surface area contributed by atoms with E-state index in [-0.39, 0.29) is 11.4 Å². The van der Waals surface area contributed by atoms with Gasteiger partial charge in [-0.2, -0.15) is 0 Å². The van der Waals surface area contributed by atoms with Gasteiger partial charge in [-0.25, -0.2) is 27.5 Å². The van der Waals surface area contributed by atoms with Crippen LogP contribution in [-0.4, -0.2) is 18.4 Å². The zero-order valence-corrected chi connectivity index (χ0v) is 12.0. The van der Waals surface area contributed by atoms with E-state index in [4.69, 9.17) is 0 Å². The molecule has 0 bridgehead atoms. The number of benzene rings is 1. The highest BCUT2D eigenvalue weighted by Crippen LogP contribution is 2.38. The van der Waals surface area contributed by atoms with Gasteiger partial charge in [0.25, 0.3) is 0 Å². The maximum Gasteiger partial charge on any atom is 0.241 e. The second-order valence-corrected chi connectivity index (χ2v) is 6.76. The second-order valence-electron chi connectivity index (χ2n) is 4.99. The van der Waals surface area contributed by atoms with Gasteiger partial charge in [0.15, 0.2) is 0 Å². The van der Waals surface area contributed by atoms with Gasteiger partial charge in [-0.3, -0.25) is 0 Å². The maximum absolute atomic E-state index is 13.1. The number of sulfonamides is 1. The summed E-state index contributed by atoms with van der Waals surface area (Å²) in [6.45, 7) is 0.0566. The van der Waals surface area contributed by atoms with E-state index in [0.29, 0.717) is 11.6 Å². The van der Waals surface area contributed by atoms with Crippen molar-refractivity contribution in [2.24, 2.45) is 0 Å². The zero-order valence-electron chi connectivity index (χ0n) is 11.2. The summed E-state index contributed by atoms with van der Waals surface area (Å²) in [5.74, 6) is -0.109. The fraction of sp³-hybridized carbons (Fsp3) is 0.286. The lowest BCUT2D eigenvalue weighted by Crippen LogP contribution is -2.24. The SMILES string of the molecule is O=S(=O)(NCc1cc(C2CC2)ncn1)c1cccc(F)c1. The van der Waals surface area contributed by atoms with Gasteiger partial charge in [0.05, 0.1) is 17.1 Å². The fourth-order valence-electron chi connectivity index (χ4n) is 2.00. The molecular formula is C14H14FN3O2S. The molecule has 0 aliphatic heterocycles. The molecule has 0 spiro atoms. The lowest BCUT2D eigenvalue weighted by Gasteiger charge is -2.07. The summed E-state index contributed by atoms with van der Waals surface area (Å²) in [5.41, 5.74) is 1.55. The summed E-state index contributed by atoms with van der Waals surface area (Å²) in [6.07, 6.45) is 3.68. The molecule has 1 fully saturated rings. The molecule has 1 saturated carbocycles. The van der Waals surface area contributed by atoms with Crippen molar-refractivity contribution < 1.29 is 12.8 Å². The molecule has 0 saturated heterocycles. The van der Waals surface area contributed by atoms with E-state index in [1.165, 1.54) is 24.5 Å². The number of hydrogen-bond acceptors (Lipinski definition) is 4. The smallest absolute Gasteiger partial charge is 0.241 e. The van der Waals surface area contributed by atoms with Crippen molar-refractivity contribution in [3.05, 3.63) is 53.9 Å². The molecular weight excluding hydrogens is 293 g/mol. The first-order valence-corrected chi connectivity index (χ1v) is 8.09. The van der Waals surface area contributed by atoms with Crippen molar-refractivity contribution >= 4 is 10.0 Å². The minimum Gasteiger partial charge on any atom is -0.241 e. The topological polar surface area (TPSA) is 72.0 Å². The summed E-state index contributed by atoms with van der Waals surface area (Å²) in [4.78, 5) is 8.13. The lowest BCUT2D eigenvalue weighted by molar-refractivity contribution is 0.576. The third-order valence-electron chi connectivity index (χ3n) is 3.29.